The van der Waals surface area contributed by atoms with Crippen molar-refractivity contribution in [2.75, 3.05) is 11.9 Å². The molecule has 1 saturated heterocycles. The first kappa shape index (κ1) is 15.1. The molecular formula is C18H18N2O3. The summed E-state index contributed by atoms with van der Waals surface area (Å²) in [5, 5.41) is 3.16. The van der Waals surface area contributed by atoms with Crippen LogP contribution in [0, 0.1) is 0 Å². The lowest BCUT2D eigenvalue weighted by Gasteiger charge is -2.13. The minimum Gasteiger partial charge on any atom is -0.485 e. The minimum atomic E-state index is -0.266. The van der Waals surface area contributed by atoms with Gasteiger partial charge in [0.15, 0.2) is 11.6 Å². The zero-order valence-corrected chi connectivity index (χ0v) is 12.9. The summed E-state index contributed by atoms with van der Waals surface area (Å²) in [6.07, 6.45) is 2.30. The second kappa shape index (κ2) is 6.96. The Kier molecular flexibility index (Phi) is 4.57. The quantitative estimate of drug-likeness (QED) is 0.678. The van der Waals surface area contributed by atoms with Crippen molar-refractivity contribution in [2.24, 2.45) is 0 Å². The third kappa shape index (κ3) is 3.69. The van der Waals surface area contributed by atoms with Gasteiger partial charge in [-0.3, -0.25) is 0 Å². The van der Waals surface area contributed by atoms with Crippen LogP contribution >= 0.6 is 0 Å². The monoisotopic (exact) mass is 310 g/mol. The first-order chi connectivity index (χ1) is 11.2. The van der Waals surface area contributed by atoms with Gasteiger partial charge in [0.2, 0.25) is 0 Å². The Morgan fingerprint density at radius 1 is 1.26 bits per heavy atom. The number of esters is 1. The molecule has 0 spiro atoms. The van der Waals surface area contributed by atoms with E-state index in [0.717, 1.165) is 11.3 Å². The Bertz CT molecular complexity index is 726. The highest BCUT2D eigenvalue weighted by Crippen LogP contribution is 2.26. The normalized spacial score (nSPS) is 16.0. The lowest BCUT2D eigenvalue weighted by Crippen LogP contribution is -2.07. The van der Waals surface area contributed by atoms with Crippen LogP contribution in [0.4, 0.5) is 5.82 Å². The fourth-order valence-corrected chi connectivity index (χ4v) is 2.36. The molecule has 0 radical (unpaired) electrons. The van der Waals surface area contributed by atoms with Gasteiger partial charge < -0.3 is 14.8 Å². The summed E-state index contributed by atoms with van der Waals surface area (Å²) in [4.78, 5) is 15.9. The van der Waals surface area contributed by atoms with Crippen molar-refractivity contribution in [1.29, 1.82) is 0 Å². The molecule has 2 heterocycles. The van der Waals surface area contributed by atoms with E-state index in [9.17, 15) is 4.79 Å². The molecule has 1 aromatic heterocycles. The highest BCUT2D eigenvalue weighted by Gasteiger charge is 2.22. The maximum absolute atomic E-state index is 11.6. The SMILES string of the molecule is C/C(Nc1ncccc1OCc1ccccc1)=C1/CCOC1=O. The molecule has 0 saturated carbocycles. The average molecular weight is 310 g/mol. The van der Waals surface area contributed by atoms with Crippen LogP contribution in [0.15, 0.2) is 59.9 Å². The maximum atomic E-state index is 11.6. The molecule has 2 aromatic rings. The van der Waals surface area contributed by atoms with Crippen molar-refractivity contribution >= 4 is 11.8 Å². The number of pyridine rings is 1. The summed E-state index contributed by atoms with van der Waals surface area (Å²) in [5.41, 5.74) is 2.48. The van der Waals surface area contributed by atoms with E-state index in [2.05, 4.69) is 10.3 Å². The van der Waals surface area contributed by atoms with Gasteiger partial charge >= 0.3 is 5.97 Å². The number of hydrogen-bond donors (Lipinski definition) is 1. The van der Waals surface area contributed by atoms with Gasteiger partial charge in [-0.15, -0.1) is 0 Å². The molecule has 5 heteroatoms. The third-order valence-corrected chi connectivity index (χ3v) is 3.60. The number of nitrogens with one attached hydrogen (secondary N) is 1. The fourth-order valence-electron chi connectivity index (χ4n) is 2.36. The molecule has 3 rings (SSSR count). The number of hydrogen-bond acceptors (Lipinski definition) is 5. The van der Waals surface area contributed by atoms with Crippen molar-refractivity contribution in [2.45, 2.75) is 20.0 Å². The van der Waals surface area contributed by atoms with Gasteiger partial charge in [0.05, 0.1) is 12.2 Å². The summed E-state index contributed by atoms with van der Waals surface area (Å²) < 4.78 is 10.8. The van der Waals surface area contributed by atoms with Crippen LogP contribution in [0.5, 0.6) is 5.75 Å². The first-order valence-corrected chi connectivity index (χ1v) is 7.49. The van der Waals surface area contributed by atoms with Crippen molar-refractivity contribution in [1.82, 2.24) is 4.98 Å². The molecule has 1 aliphatic rings. The Morgan fingerprint density at radius 2 is 2.09 bits per heavy atom. The number of nitrogens with zero attached hydrogens (tertiary/aromatic N) is 1. The van der Waals surface area contributed by atoms with Crippen molar-refractivity contribution in [3.8, 4) is 5.75 Å². The van der Waals surface area contributed by atoms with Gasteiger partial charge in [-0.2, -0.15) is 0 Å². The van der Waals surface area contributed by atoms with Crippen molar-refractivity contribution in [3.05, 3.63) is 65.5 Å². The number of allylic oxidation sites excluding steroid dienone is 1. The second-order valence-electron chi connectivity index (χ2n) is 5.24. The van der Waals surface area contributed by atoms with Gasteiger partial charge in [-0.1, -0.05) is 30.3 Å². The van der Waals surface area contributed by atoms with E-state index < -0.39 is 0 Å². The van der Waals surface area contributed by atoms with Crippen molar-refractivity contribution < 1.29 is 14.3 Å². The minimum absolute atomic E-state index is 0.266. The Balaban J connectivity index is 1.74. The maximum Gasteiger partial charge on any atom is 0.335 e. The summed E-state index contributed by atoms with van der Waals surface area (Å²) in [6.45, 7) is 2.74. The average Bonchev–Trinajstić information content (AvgIpc) is 3.01. The molecule has 1 fully saturated rings. The van der Waals surface area contributed by atoms with Gasteiger partial charge in [0, 0.05) is 18.3 Å². The number of carbonyl (C=O) groups is 1. The number of cyclic esters (lactones) is 1. The lowest BCUT2D eigenvalue weighted by molar-refractivity contribution is -0.135. The molecule has 1 N–H and O–H groups in total. The first-order valence-electron chi connectivity index (χ1n) is 7.49. The van der Waals surface area contributed by atoms with Gasteiger partial charge in [-0.05, 0) is 24.6 Å². The third-order valence-electron chi connectivity index (χ3n) is 3.60. The standard InChI is InChI=1S/C18H18N2O3/c1-13(15-9-11-22-18(15)21)20-17-16(8-5-10-19-17)23-12-14-6-3-2-4-7-14/h2-8,10H,9,11-12H2,1H3,(H,19,20)/b15-13+. The number of rotatable bonds is 5. The van der Waals surface area contributed by atoms with Crippen LogP contribution in [0.3, 0.4) is 0 Å². The topological polar surface area (TPSA) is 60.5 Å². The number of aromatic nitrogens is 1. The Labute approximate surface area is 135 Å². The molecule has 1 aliphatic heterocycles. The van der Waals surface area contributed by atoms with Crippen LogP contribution in [-0.2, 0) is 16.1 Å². The van der Waals surface area contributed by atoms with Crippen LogP contribution in [0.25, 0.3) is 0 Å². The summed E-state index contributed by atoms with van der Waals surface area (Å²) in [6, 6.07) is 13.6. The van der Waals surface area contributed by atoms with Gasteiger partial charge in [0.1, 0.15) is 6.61 Å². The highest BCUT2D eigenvalue weighted by atomic mass is 16.5. The lowest BCUT2D eigenvalue weighted by atomic mass is 10.2. The fraction of sp³-hybridized carbons (Fsp3) is 0.222. The number of anilines is 1. The van der Waals surface area contributed by atoms with Gasteiger partial charge in [-0.25, -0.2) is 9.78 Å². The summed E-state index contributed by atoms with van der Waals surface area (Å²) in [7, 11) is 0. The molecule has 0 bridgehead atoms. The van der Waals surface area contributed by atoms with Crippen LogP contribution in [0.2, 0.25) is 0 Å². The van der Waals surface area contributed by atoms with E-state index in [0.29, 0.717) is 36.8 Å². The van der Waals surface area contributed by atoms with E-state index >= 15 is 0 Å². The molecule has 0 aliphatic carbocycles. The van der Waals surface area contributed by atoms with Crippen molar-refractivity contribution in [3.63, 3.8) is 0 Å². The molecule has 23 heavy (non-hydrogen) atoms. The predicted molar refractivity (Wildman–Crippen MR) is 86.9 cm³/mol. The molecule has 0 amide bonds. The molecule has 5 nitrogen and oxygen atoms in total. The summed E-state index contributed by atoms with van der Waals surface area (Å²) in [5.74, 6) is 0.966. The summed E-state index contributed by atoms with van der Waals surface area (Å²) >= 11 is 0. The molecule has 0 atom stereocenters. The van der Waals surface area contributed by atoms with Crippen LogP contribution in [0.1, 0.15) is 18.9 Å². The molecule has 118 valence electrons. The Hall–Kier alpha value is -2.82. The molecule has 0 unspecified atom stereocenters. The number of benzene rings is 1. The number of ether oxygens (including phenoxy) is 2. The van der Waals surface area contributed by atoms with E-state index in [1.807, 2.05) is 49.4 Å². The molecule has 1 aromatic carbocycles. The Morgan fingerprint density at radius 3 is 2.83 bits per heavy atom. The zero-order valence-electron chi connectivity index (χ0n) is 12.9. The van der Waals surface area contributed by atoms with E-state index in [1.165, 1.54) is 0 Å². The van der Waals surface area contributed by atoms with E-state index in [4.69, 9.17) is 9.47 Å². The zero-order chi connectivity index (χ0) is 16.1. The van der Waals surface area contributed by atoms with Gasteiger partial charge in [0.25, 0.3) is 0 Å². The number of carbonyl (C=O) groups excluding carboxylic acids is 1. The van der Waals surface area contributed by atoms with E-state index in [-0.39, 0.29) is 5.97 Å². The van der Waals surface area contributed by atoms with Crippen LogP contribution < -0.4 is 10.1 Å². The predicted octanol–water partition coefficient (Wildman–Crippen LogP) is 3.29. The van der Waals surface area contributed by atoms with Crippen LogP contribution in [-0.4, -0.2) is 17.6 Å². The van der Waals surface area contributed by atoms with E-state index in [1.54, 1.807) is 6.20 Å². The largest absolute Gasteiger partial charge is 0.485 e. The smallest absolute Gasteiger partial charge is 0.335 e. The second-order valence-corrected chi connectivity index (χ2v) is 5.24. The molecular weight excluding hydrogens is 292 g/mol. The highest BCUT2D eigenvalue weighted by molar-refractivity contribution is 5.91.